The highest BCUT2D eigenvalue weighted by Crippen LogP contribution is 2.31. The lowest BCUT2D eigenvalue weighted by atomic mass is 9.98. The molecule has 1 aliphatic heterocycles. The number of hydrogen-bond acceptors (Lipinski definition) is 8. The first kappa shape index (κ1) is 25.6. The molecule has 3 aromatic rings. The van der Waals surface area contributed by atoms with E-state index >= 15 is 0 Å². The van der Waals surface area contributed by atoms with Crippen LogP contribution in [0, 0.1) is 0 Å². The van der Waals surface area contributed by atoms with Crippen LogP contribution in [0.25, 0.3) is 0 Å². The van der Waals surface area contributed by atoms with Crippen LogP contribution in [0.2, 0.25) is 0 Å². The van der Waals surface area contributed by atoms with E-state index in [4.69, 9.17) is 22.8 Å². The summed E-state index contributed by atoms with van der Waals surface area (Å²) in [7, 11) is 0. The fourth-order valence-corrected chi connectivity index (χ4v) is 4.07. The van der Waals surface area contributed by atoms with Crippen LogP contribution in [0.4, 0.5) is 0 Å². The van der Waals surface area contributed by atoms with Gasteiger partial charge < -0.3 is 18.9 Å². The van der Waals surface area contributed by atoms with Gasteiger partial charge in [0.1, 0.15) is 16.3 Å². The Hall–Kier alpha value is -3.53. The van der Waals surface area contributed by atoms with Crippen LogP contribution in [0.15, 0.2) is 91.0 Å². The number of hydrogen-bond donors (Lipinski definition) is 0. The quantitative estimate of drug-likeness (QED) is 0.305. The van der Waals surface area contributed by atoms with Gasteiger partial charge in [-0.3, -0.25) is 3.83 Å². The van der Waals surface area contributed by atoms with Crippen LogP contribution < -0.4 is 0 Å². The molecule has 1 heterocycles. The first-order valence-electron chi connectivity index (χ1n) is 11.2. The molecule has 0 radical (unpaired) electrons. The summed E-state index contributed by atoms with van der Waals surface area (Å²) in [5, 5.41) is 0. The smallest absolute Gasteiger partial charge is 0.338 e. The predicted molar refractivity (Wildman–Crippen MR) is 131 cm³/mol. The Morgan fingerprint density at radius 3 is 1.36 bits per heavy atom. The number of halogens is 1. The van der Waals surface area contributed by atoms with Crippen molar-refractivity contribution >= 4 is 34.2 Å². The van der Waals surface area contributed by atoms with Crippen molar-refractivity contribution in [1.82, 2.24) is 0 Å². The molecule has 0 bridgehead atoms. The lowest BCUT2D eigenvalue weighted by Crippen LogP contribution is -2.60. The molecule has 3 aromatic carbocycles. The number of carbonyl (C=O) groups is 3. The minimum Gasteiger partial charge on any atom is -0.452 e. The summed E-state index contributed by atoms with van der Waals surface area (Å²) >= 11 is 2.91. The number of benzene rings is 3. The molecule has 0 aromatic heterocycles. The fourth-order valence-electron chi connectivity index (χ4n) is 3.76. The first-order valence-corrected chi connectivity index (χ1v) is 11.8. The Balaban J connectivity index is 1.66. The van der Waals surface area contributed by atoms with Gasteiger partial charge in [0.05, 0.1) is 22.8 Å². The number of rotatable bonds is 7. The molecule has 4 rings (SSSR count). The molecule has 1 fully saturated rings. The van der Waals surface area contributed by atoms with Crippen molar-refractivity contribution in [2.45, 2.75) is 37.6 Å². The third kappa shape index (κ3) is 5.99. The molecule has 8 nitrogen and oxygen atoms in total. The third-order valence-electron chi connectivity index (χ3n) is 5.57. The first-order chi connectivity index (χ1) is 17.5. The van der Waals surface area contributed by atoms with Gasteiger partial charge in [0.2, 0.25) is 6.29 Å². The van der Waals surface area contributed by atoms with Crippen LogP contribution in [0.1, 0.15) is 38.0 Å². The van der Waals surface area contributed by atoms with Gasteiger partial charge in [0.25, 0.3) is 0 Å². The largest absolute Gasteiger partial charge is 0.452 e. The highest BCUT2D eigenvalue weighted by atomic mass is 79.9. The maximum atomic E-state index is 13.0. The molecule has 1 aliphatic rings. The van der Waals surface area contributed by atoms with Crippen molar-refractivity contribution in [3.63, 3.8) is 0 Å². The van der Waals surface area contributed by atoms with Gasteiger partial charge in [-0.2, -0.15) is 0 Å². The second-order valence-electron chi connectivity index (χ2n) is 8.01. The third-order valence-corrected chi connectivity index (χ3v) is 5.94. The van der Waals surface area contributed by atoms with E-state index in [9.17, 15) is 14.4 Å². The molecular formula is C27H23BrO8. The minimum absolute atomic E-state index is 0.272. The Morgan fingerprint density at radius 1 is 0.611 bits per heavy atom. The lowest BCUT2D eigenvalue weighted by molar-refractivity contribution is -0.261. The van der Waals surface area contributed by atoms with Crippen LogP contribution >= 0.6 is 16.3 Å². The van der Waals surface area contributed by atoms with Crippen LogP contribution in [-0.2, 0) is 22.8 Å². The van der Waals surface area contributed by atoms with Gasteiger partial charge in [-0.05, 0) is 43.3 Å². The van der Waals surface area contributed by atoms with E-state index in [1.165, 1.54) is 0 Å². The molecule has 0 aliphatic carbocycles. The minimum atomic E-state index is -1.27. The van der Waals surface area contributed by atoms with Crippen molar-refractivity contribution in [2.24, 2.45) is 0 Å². The topological polar surface area (TPSA) is 97.4 Å². The Morgan fingerprint density at radius 2 is 0.972 bits per heavy atom. The highest BCUT2D eigenvalue weighted by Gasteiger charge is 2.52. The van der Waals surface area contributed by atoms with E-state index in [0.29, 0.717) is 5.56 Å². The summed E-state index contributed by atoms with van der Waals surface area (Å²) in [4.78, 5) is 38.8. The van der Waals surface area contributed by atoms with E-state index in [1.807, 2.05) is 0 Å². The molecule has 5 unspecified atom stereocenters. The molecule has 1 saturated heterocycles. The normalized spacial score (nSPS) is 23.3. The van der Waals surface area contributed by atoms with Crippen molar-refractivity contribution < 1.29 is 37.2 Å². The number of ether oxygens (including phenoxy) is 4. The lowest BCUT2D eigenvalue weighted by Gasteiger charge is -2.42. The van der Waals surface area contributed by atoms with Gasteiger partial charge in [0.15, 0.2) is 18.3 Å². The highest BCUT2D eigenvalue weighted by molar-refractivity contribution is 9.06. The fraction of sp³-hybridized carbons (Fsp3) is 0.222. The van der Waals surface area contributed by atoms with E-state index in [1.54, 1.807) is 97.9 Å². The second kappa shape index (κ2) is 11.9. The monoisotopic (exact) mass is 554 g/mol. The van der Waals surface area contributed by atoms with Gasteiger partial charge in [0, 0.05) is 0 Å². The maximum absolute atomic E-state index is 13.0. The van der Waals surface area contributed by atoms with Crippen LogP contribution in [0.5, 0.6) is 0 Å². The molecule has 0 spiro atoms. The maximum Gasteiger partial charge on any atom is 0.338 e. The van der Waals surface area contributed by atoms with Crippen LogP contribution in [-0.4, -0.2) is 48.6 Å². The molecule has 5 atom stereocenters. The molecular weight excluding hydrogens is 532 g/mol. The SMILES string of the molecule is CC1OC(OBr)C(OC(=O)c2ccccc2)C(OC(=O)c2ccccc2)C1OC(=O)c1ccccc1. The molecule has 186 valence electrons. The molecule has 0 amide bonds. The van der Waals surface area contributed by atoms with Gasteiger partial charge in [-0.1, -0.05) is 54.6 Å². The molecule has 0 saturated carbocycles. The Kier molecular flexibility index (Phi) is 8.48. The molecule has 36 heavy (non-hydrogen) atoms. The standard InChI is InChI=1S/C27H23BrO8/c1-17-21(33-24(29)18-11-5-2-6-12-18)22(34-25(30)19-13-7-3-8-14-19)23(27(32-17)36-28)35-26(31)20-15-9-4-10-16-20/h2-17,21-23,27H,1H3. The van der Waals surface area contributed by atoms with E-state index in [2.05, 4.69) is 16.3 Å². The summed E-state index contributed by atoms with van der Waals surface area (Å²) in [5.41, 5.74) is 0.846. The number of carbonyl (C=O) groups excluding carboxylic acids is 3. The number of esters is 3. The summed E-state index contributed by atoms with van der Waals surface area (Å²) < 4.78 is 28.3. The van der Waals surface area contributed by atoms with E-state index in [0.717, 1.165) is 0 Å². The Labute approximate surface area is 216 Å². The zero-order valence-electron chi connectivity index (χ0n) is 19.2. The zero-order chi connectivity index (χ0) is 25.5. The molecule has 9 heteroatoms. The van der Waals surface area contributed by atoms with Crippen molar-refractivity contribution in [1.29, 1.82) is 0 Å². The van der Waals surface area contributed by atoms with E-state index in [-0.39, 0.29) is 11.1 Å². The van der Waals surface area contributed by atoms with Crippen molar-refractivity contribution in [3.05, 3.63) is 108 Å². The average Bonchev–Trinajstić information content (AvgIpc) is 2.93. The summed E-state index contributed by atoms with van der Waals surface area (Å²) in [6, 6.07) is 25.0. The predicted octanol–water partition coefficient (Wildman–Crippen LogP) is 4.73. The van der Waals surface area contributed by atoms with Crippen molar-refractivity contribution in [2.75, 3.05) is 0 Å². The van der Waals surface area contributed by atoms with Crippen molar-refractivity contribution in [3.8, 4) is 0 Å². The summed E-state index contributed by atoms with van der Waals surface area (Å²) in [5.74, 6) is -2.03. The van der Waals surface area contributed by atoms with Gasteiger partial charge in [-0.15, -0.1) is 0 Å². The Bertz CT molecular complexity index is 1170. The van der Waals surface area contributed by atoms with Crippen LogP contribution in [0.3, 0.4) is 0 Å². The second-order valence-corrected chi connectivity index (χ2v) is 8.38. The average molecular weight is 555 g/mol. The van der Waals surface area contributed by atoms with E-state index < -0.39 is 48.6 Å². The summed E-state index contributed by atoms with van der Waals surface area (Å²) in [6.07, 6.45) is -5.56. The zero-order valence-corrected chi connectivity index (χ0v) is 20.8. The van der Waals surface area contributed by atoms with Gasteiger partial charge >= 0.3 is 17.9 Å². The molecule has 0 N–H and O–H groups in total. The van der Waals surface area contributed by atoms with Gasteiger partial charge in [-0.25, -0.2) is 14.4 Å². The summed E-state index contributed by atoms with van der Waals surface area (Å²) in [6.45, 7) is 1.64.